The van der Waals surface area contributed by atoms with E-state index in [2.05, 4.69) is 46.7 Å². The van der Waals surface area contributed by atoms with E-state index in [9.17, 15) is 23.1 Å². The van der Waals surface area contributed by atoms with Crippen LogP contribution in [0.1, 0.15) is 45.6 Å². The van der Waals surface area contributed by atoms with Crippen molar-refractivity contribution in [3.05, 3.63) is 30.1 Å². The number of hydrogen-bond acceptors (Lipinski definition) is 6. The third kappa shape index (κ3) is 6.29. The van der Waals surface area contributed by atoms with Crippen molar-refractivity contribution in [2.24, 2.45) is 5.92 Å². The topological polar surface area (TPSA) is 99.2 Å². The lowest BCUT2D eigenvalue weighted by Crippen LogP contribution is -2.53. The number of carbonyl (C=O) groups is 1. The molecule has 176 valence electrons. The van der Waals surface area contributed by atoms with E-state index in [1.807, 2.05) is 0 Å². The summed E-state index contributed by atoms with van der Waals surface area (Å²) in [4.78, 5) is 20.5. The van der Waals surface area contributed by atoms with Crippen LogP contribution in [0.3, 0.4) is 0 Å². The first kappa shape index (κ1) is 24.2. The summed E-state index contributed by atoms with van der Waals surface area (Å²) in [5.74, 6) is -0.218. The van der Waals surface area contributed by atoms with Gasteiger partial charge in [-0.2, -0.15) is 13.2 Å². The van der Waals surface area contributed by atoms with Gasteiger partial charge in [0.2, 0.25) is 5.91 Å². The molecule has 1 aliphatic rings. The average Bonchev–Trinajstić information content (AvgIpc) is 2.71. The number of benzene rings is 1. The van der Waals surface area contributed by atoms with Crippen molar-refractivity contribution < 1.29 is 23.1 Å². The monoisotopic (exact) mass is 453 g/mol. The molecule has 1 fully saturated rings. The van der Waals surface area contributed by atoms with Crippen LogP contribution in [0.25, 0.3) is 10.9 Å². The molecule has 3 rings (SSSR count). The third-order valence-corrected chi connectivity index (χ3v) is 5.58. The van der Waals surface area contributed by atoms with Crippen molar-refractivity contribution in [1.82, 2.24) is 20.6 Å². The Hall–Kier alpha value is -2.46. The number of aromatic nitrogens is 2. The zero-order valence-corrected chi connectivity index (χ0v) is 18.5. The summed E-state index contributed by atoms with van der Waals surface area (Å²) in [6, 6.07) is 3.33. The molecule has 3 atom stereocenters. The zero-order chi connectivity index (χ0) is 23.5. The molecule has 1 heterocycles. The van der Waals surface area contributed by atoms with E-state index in [-0.39, 0.29) is 53.8 Å². The Kier molecular flexibility index (Phi) is 7.24. The minimum Gasteiger partial charge on any atom is -0.396 e. The van der Waals surface area contributed by atoms with Crippen molar-refractivity contribution in [3.63, 3.8) is 0 Å². The molecular weight excluding hydrogens is 423 g/mol. The number of alkyl halides is 3. The fourth-order valence-electron chi connectivity index (χ4n) is 4.19. The van der Waals surface area contributed by atoms with Crippen molar-refractivity contribution in [2.75, 3.05) is 18.5 Å². The first-order chi connectivity index (χ1) is 15.0. The smallest absolute Gasteiger partial charge is 0.396 e. The second-order valence-electron chi connectivity index (χ2n) is 9.33. The largest absolute Gasteiger partial charge is 0.416 e. The number of anilines is 1. The maximum absolute atomic E-state index is 13.1. The van der Waals surface area contributed by atoms with Gasteiger partial charge in [-0.05, 0) is 58.2 Å². The number of amides is 1. The van der Waals surface area contributed by atoms with Crippen LogP contribution >= 0.6 is 0 Å². The van der Waals surface area contributed by atoms with E-state index < -0.39 is 11.7 Å². The molecule has 0 radical (unpaired) electrons. The summed E-state index contributed by atoms with van der Waals surface area (Å²) in [5, 5.41) is 19.3. The highest BCUT2D eigenvalue weighted by atomic mass is 19.4. The van der Waals surface area contributed by atoms with Crippen LogP contribution in [0.15, 0.2) is 24.5 Å². The number of nitrogens with zero attached hydrogens (tertiary/aromatic N) is 2. The maximum Gasteiger partial charge on any atom is 0.416 e. The van der Waals surface area contributed by atoms with Gasteiger partial charge in [-0.3, -0.25) is 4.79 Å². The van der Waals surface area contributed by atoms with Crippen molar-refractivity contribution in [2.45, 2.75) is 63.8 Å². The van der Waals surface area contributed by atoms with Gasteiger partial charge in [0.1, 0.15) is 12.1 Å². The number of hydrogen-bond donors (Lipinski definition) is 4. The summed E-state index contributed by atoms with van der Waals surface area (Å²) >= 11 is 0. The van der Waals surface area contributed by atoms with E-state index in [4.69, 9.17) is 0 Å². The SMILES string of the molecule is CC(C)(C)N[C@@H]1CC[C@H](NC(=O)CNc2ncnc3ccc(C(F)(F)F)cc23)[C@H](CO)C1. The van der Waals surface area contributed by atoms with Crippen LogP contribution in [0.5, 0.6) is 0 Å². The van der Waals surface area contributed by atoms with E-state index in [1.54, 1.807) is 0 Å². The van der Waals surface area contributed by atoms with E-state index in [0.29, 0.717) is 5.52 Å². The molecule has 2 aromatic rings. The minimum absolute atomic E-state index is 0.0303. The van der Waals surface area contributed by atoms with E-state index in [0.717, 1.165) is 31.4 Å². The Bertz CT molecular complexity index is 945. The Morgan fingerprint density at radius 3 is 2.59 bits per heavy atom. The predicted molar refractivity (Wildman–Crippen MR) is 116 cm³/mol. The molecule has 0 aliphatic heterocycles. The Morgan fingerprint density at radius 2 is 1.94 bits per heavy atom. The van der Waals surface area contributed by atoms with Crippen molar-refractivity contribution in [3.8, 4) is 0 Å². The standard InChI is InChI=1S/C22H30F3N5O2/c1-21(2,3)30-15-5-7-17(13(8-15)11-31)29-19(32)10-26-20-16-9-14(22(23,24)25)4-6-18(16)27-12-28-20/h4,6,9,12-13,15,17,30-31H,5,7-8,10-11H2,1-3H3,(H,29,32)(H,26,27,28)/t13-,15+,17-/m0/s1. The van der Waals surface area contributed by atoms with Gasteiger partial charge < -0.3 is 21.1 Å². The van der Waals surface area contributed by atoms with Gasteiger partial charge >= 0.3 is 6.18 Å². The fraction of sp³-hybridized carbons (Fsp3) is 0.591. The molecule has 7 nitrogen and oxygen atoms in total. The van der Waals surface area contributed by atoms with Crippen LogP contribution in [-0.2, 0) is 11.0 Å². The molecule has 1 amide bonds. The van der Waals surface area contributed by atoms with Crippen LogP contribution in [0.4, 0.5) is 19.0 Å². The lowest BCUT2D eigenvalue weighted by molar-refractivity contribution is -0.137. The highest BCUT2D eigenvalue weighted by molar-refractivity contribution is 5.91. The molecule has 32 heavy (non-hydrogen) atoms. The highest BCUT2D eigenvalue weighted by Crippen LogP contribution is 2.32. The van der Waals surface area contributed by atoms with Gasteiger partial charge in [0.15, 0.2) is 0 Å². The summed E-state index contributed by atoms with van der Waals surface area (Å²) in [7, 11) is 0. The summed E-state index contributed by atoms with van der Waals surface area (Å²) < 4.78 is 39.2. The zero-order valence-electron chi connectivity index (χ0n) is 18.5. The quantitative estimate of drug-likeness (QED) is 0.537. The molecule has 1 aliphatic carbocycles. The lowest BCUT2D eigenvalue weighted by atomic mass is 9.81. The molecule has 10 heteroatoms. The van der Waals surface area contributed by atoms with Gasteiger partial charge in [-0.15, -0.1) is 0 Å². The Labute approximate surface area is 185 Å². The van der Waals surface area contributed by atoms with Gasteiger partial charge in [0, 0.05) is 35.5 Å². The van der Waals surface area contributed by atoms with Gasteiger partial charge in [0.05, 0.1) is 17.6 Å². The highest BCUT2D eigenvalue weighted by Gasteiger charge is 2.33. The number of halogens is 3. The predicted octanol–water partition coefficient (Wildman–Crippen LogP) is 3.09. The van der Waals surface area contributed by atoms with Crippen LogP contribution in [-0.4, -0.2) is 51.8 Å². The number of carbonyl (C=O) groups excluding carboxylic acids is 1. The second kappa shape index (κ2) is 9.58. The second-order valence-corrected chi connectivity index (χ2v) is 9.33. The van der Waals surface area contributed by atoms with Crippen LogP contribution in [0, 0.1) is 5.92 Å². The molecule has 1 aromatic heterocycles. The Morgan fingerprint density at radius 1 is 1.19 bits per heavy atom. The molecule has 4 N–H and O–H groups in total. The van der Waals surface area contributed by atoms with Gasteiger partial charge in [-0.25, -0.2) is 9.97 Å². The molecule has 0 bridgehead atoms. The van der Waals surface area contributed by atoms with Crippen molar-refractivity contribution in [1.29, 1.82) is 0 Å². The van der Waals surface area contributed by atoms with Gasteiger partial charge in [0.25, 0.3) is 0 Å². The van der Waals surface area contributed by atoms with Crippen LogP contribution in [0.2, 0.25) is 0 Å². The number of aliphatic hydroxyl groups is 1. The van der Waals surface area contributed by atoms with Crippen molar-refractivity contribution >= 4 is 22.6 Å². The third-order valence-electron chi connectivity index (χ3n) is 5.58. The minimum atomic E-state index is -4.49. The summed E-state index contributed by atoms with van der Waals surface area (Å²) in [6.45, 7) is 6.09. The Balaban J connectivity index is 1.62. The summed E-state index contributed by atoms with van der Waals surface area (Å²) in [6.07, 6.45) is -0.887. The molecule has 0 saturated heterocycles. The maximum atomic E-state index is 13.1. The van der Waals surface area contributed by atoms with Crippen LogP contribution < -0.4 is 16.0 Å². The summed E-state index contributed by atoms with van der Waals surface area (Å²) in [5.41, 5.74) is -0.489. The molecule has 1 aromatic carbocycles. The molecular formula is C22H30F3N5O2. The molecule has 0 unspecified atom stereocenters. The number of nitrogens with one attached hydrogen (secondary N) is 3. The first-order valence-corrected chi connectivity index (χ1v) is 10.7. The average molecular weight is 454 g/mol. The number of aliphatic hydroxyl groups excluding tert-OH is 1. The van der Waals surface area contributed by atoms with E-state index >= 15 is 0 Å². The lowest BCUT2D eigenvalue weighted by Gasteiger charge is -2.39. The normalized spacial score (nSPS) is 22.0. The number of rotatable bonds is 6. The molecule has 1 saturated carbocycles. The van der Waals surface area contributed by atoms with E-state index in [1.165, 1.54) is 12.4 Å². The molecule has 0 spiro atoms. The first-order valence-electron chi connectivity index (χ1n) is 10.7. The fourth-order valence-corrected chi connectivity index (χ4v) is 4.19. The number of fused-ring (bicyclic) bond motifs is 1. The van der Waals surface area contributed by atoms with Gasteiger partial charge in [-0.1, -0.05) is 0 Å².